The van der Waals surface area contributed by atoms with Crippen molar-refractivity contribution in [3.05, 3.63) is 0 Å². The van der Waals surface area contributed by atoms with Gasteiger partial charge in [0.1, 0.15) is 5.97 Å². The zero-order valence-electron chi connectivity index (χ0n) is 5.13. The number of hydrogen-bond donors (Lipinski definition) is 0. The van der Waals surface area contributed by atoms with E-state index in [9.17, 15) is 14.7 Å². The Morgan fingerprint density at radius 1 is 1.44 bits per heavy atom. The van der Waals surface area contributed by atoms with E-state index >= 15 is 0 Å². The minimum atomic E-state index is -1.63. The molecule has 52 valence electrons. The molecule has 4 heteroatoms. The van der Waals surface area contributed by atoms with Gasteiger partial charge in [-0.15, -0.1) is 0 Å². The van der Waals surface area contributed by atoms with Crippen molar-refractivity contribution in [1.29, 1.82) is 0 Å². The van der Waals surface area contributed by atoms with E-state index in [2.05, 4.69) is 0 Å². The van der Waals surface area contributed by atoms with Gasteiger partial charge in [-0.25, -0.2) is 0 Å². The number of carbonyl (C=O) groups excluding carboxylic acids is 3. The molecular formula is C5H6O4-2. The standard InChI is InChI=1S/C3H4O3.C2H3O/c1-2(4)3(5)6;1-2-3/h1H3,(H,5,6);1H3/q;-1/p-1/i1+1,2+1,3+1;1+1,2+1. The molecule has 0 heterocycles. The first-order valence-electron chi connectivity index (χ1n) is 2.07. The van der Waals surface area contributed by atoms with Gasteiger partial charge in [-0.2, -0.15) is 6.92 Å². The highest BCUT2D eigenvalue weighted by Crippen LogP contribution is 1.56. The molecule has 0 aliphatic rings. The Hall–Kier alpha value is -1.19. The Labute approximate surface area is 52.5 Å². The van der Waals surface area contributed by atoms with E-state index in [1.54, 1.807) is 0 Å². The maximum atomic E-state index is 9.48. The molecule has 9 heavy (non-hydrogen) atoms. The summed E-state index contributed by atoms with van der Waals surface area (Å²) in [4.78, 5) is 27.4. The lowest BCUT2D eigenvalue weighted by Crippen LogP contribution is -2.29. The quantitative estimate of drug-likeness (QED) is 0.247. The lowest BCUT2D eigenvalue weighted by molar-refractivity contribution is -0.299. The number of carboxylic acids is 1. The number of rotatable bonds is 1. The van der Waals surface area contributed by atoms with E-state index in [0.29, 0.717) is 0 Å². The summed E-state index contributed by atoms with van der Waals surface area (Å²) >= 11 is 0. The van der Waals surface area contributed by atoms with E-state index in [0.717, 1.165) is 6.92 Å². The summed E-state index contributed by atoms with van der Waals surface area (Å²) in [7, 11) is 0. The van der Waals surface area contributed by atoms with E-state index in [1.165, 1.54) is 13.2 Å². The van der Waals surface area contributed by atoms with Gasteiger partial charge < -0.3 is 14.7 Å². The molecule has 0 aromatic carbocycles. The van der Waals surface area contributed by atoms with Gasteiger partial charge in [-0.05, 0) is 0 Å². The van der Waals surface area contributed by atoms with Crippen molar-refractivity contribution in [2.75, 3.05) is 0 Å². The predicted octanol–water partition coefficient (Wildman–Crippen LogP) is -1.56. The van der Waals surface area contributed by atoms with Crippen LogP contribution in [0.25, 0.3) is 0 Å². The van der Waals surface area contributed by atoms with Crippen LogP contribution in [0, 0.1) is 0 Å². The van der Waals surface area contributed by atoms with Gasteiger partial charge in [0.15, 0.2) is 5.78 Å². The van der Waals surface area contributed by atoms with Crippen LogP contribution >= 0.6 is 0 Å². The molecule has 0 aromatic rings. The topological polar surface area (TPSA) is 74.3 Å². The summed E-state index contributed by atoms with van der Waals surface area (Å²) in [5.41, 5.74) is 0. The van der Waals surface area contributed by atoms with Crippen LogP contribution in [0.5, 0.6) is 0 Å². The van der Waals surface area contributed by atoms with Gasteiger partial charge >= 0.3 is 0 Å². The Morgan fingerprint density at radius 3 is 1.56 bits per heavy atom. The van der Waals surface area contributed by atoms with Gasteiger partial charge in [0.2, 0.25) is 0 Å². The van der Waals surface area contributed by atoms with Crippen LogP contribution in [0.15, 0.2) is 0 Å². The number of hydrogen-bond acceptors (Lipinski definition) is 4. The molecule has 0 spiro atoms. The van der Waals surface area contributed by atoms with Gasteiger partial charge in [0.05, 0.1) is 0 Å². The van der Waals surface area contributed by atoms with Crippen molar-refractivity contribution in [1.82, 2.24) is 0 Å². The van der Waals surface area contributed by atoms with Crippen molar-refractivity contribution in [3.63, 3.8) is 0 Å². The fraction of sp³-hybridized carbons (Fsp3) is 0.400. The van der Waals surface area contributed by atoms with Crippen LogP contribution in [0.1, 0.15) is 13.8 Å². The lowest BCUT2D eigenvalue weighted by Gasteiger charge is -1.87. The summed E-state index contributed by atoms with van der Waals surface area (Å²) in [6, 6.07) is 0. The third-order valence-electron chi connectivity index (χ3n) is 0.287. The Bertz CT molecular complexity index is 104. The minimum Gasteiger partial charge on any atom is -0.542 e. The van der Waals surface area contributed by atoms with E-state index in [-0.39, 0.29) is 0 Å². The monoisotopic (exact) mass is 135 g/mol. The van der Waals surface area contributed by atoms with Crippen LogP contribution < -0.4 is 5.11 Å². The van der Waals surface area contributed by atoms with Crippen LogP contribution in [0.3, 0.4) is 0 Å². The fourth-order valence-electron chi connectivity index (χ4n) is 0. The van der Waals surface area contributed by atoms with Gasteiger partial charge in [0, 0.05) is 6.92 Å². The van der Waals surface area contributed by atoms with Crippen molar-refractivity contribution in [2.45, 2.75) is 13.8 Å². The SMILES string of the molecule is [13CH3][13C-]=O.[13CH3][13C](=O)[13C](=O)[O-]. The molecule has 0 unspecified atom stereocenters. The molecule has 0 bridgehead atoms. The zero-order valence-corrected chi connectivity index (χ0v) is 5.13. The third-order valence-corrected chi connectivity index (χ3v) is 0.287. The Morgan fingerprint density at radius 2 is 1.56 bits per heavy atom. The molecule has 0 saturated heterocycles. The summed E-state index contributed by atoms with van der Waals surface area (Å²) in [6.07, 6.45) is 1.50. The predicted molar refractivity (Wildman–Crippen MR) is 27.1 cm³/mol. The second kappa shape index (κ2) is 6.81. The summed E-state index contributed by atoms with van der Waals surface area (Å²) < 4.78 is 0. The number of Topliss-reactive ketones (excluding diaryl/α,β-unsaturated/α-hetero) is 1. The Balaban J connectivity index is 0. The zero-order chi connectivity index (χ0) is 7.86. The highest BCUT2D eigenvalue weighted by atomic mass is 16.5. The van der Waals surface area contributed by atoms with E-state index < -0.39 is 11.8 Å². The maximum absolute atomic E-state index is 9.48. The average molecular weight is 135 g/mol. The molecule has 0 atom stereocenters. The minimum absolute atomic E-state index is 0.935. The van der Waals surface area contributed by atoms with Crippen LogP contribution in [0.4, 0.5) is 0 Å². The fourth-order valence-corrected chi connectivity index (χ4v) is 0. The molecule has 0 radical (unpaired) electrons. The first kappa shape index (κ1) is 10.7. The first-order chi connectivity index (χ1) is 4.06. The molecule has 0 aliphatic carbocycles. The molecule has 0 amide bonds. The van der Waals surface area contributed by atoms with Crippen molar-refractivity contribution in [2.24, 2.45) is 0 Å². The summed E-state index contributed by atoms with van der Waals surface area (Å²) in [6.45, 7) is 2.26. The van der Waals surface area contributed by atoms with Crippen molar-refractivity contribution >= 4 is 18.0 Å². The second-order valence-electron chi connectivity index (χ2n) is 1.05. The normalized spacial score (nSPS) is 6.44. The highest BCUT2D eigenvalue weighted by molar-refractivity contribution is 6.30. The van der Waals surface area contributed by atoms with E-state index in [4.69, 9.17) is 4.79 Å². The largest absolute Gasteiger partial charge is 0.542 e. The lowest BCUT2D eigenvalue weighted by atomic mass is 11.4. The molecule has 0 aliphatic heterocycles. The third kappa shape index (κ3) is 20.0. The molecular weight excluding hydrogens is 129 g/mol. The molecule has 0 fully saturated rings. The van der Waals surface area contributed by atoms with Crippen molar-refractivity contribution < 1.29 is 19.5 Å². The maximum Gasteiger partial charge on any atom is 0.175 e. The molecule has 0 N–H and O–H groups in total. The second-order valence-corrected chi connectivity index (χ2v) is 1.05. The van der Waals surface area contributed by atoms with Gasteiger partial charge in [0.25, 0.3) is 0 Å². The summed E-state index contributed by atoms with van der Waals surface area (Å²) in [5.74, 6) is -2.56. The van der Waals surface area contributed by atoms with Gasteiger partial charge in [-0.1, -0.05) is 0 Å². The smallest absolute Gasteiger partial charge is 0.175 e. The molecule has 0 rings (SSSR count). The molecule has 0 aromatic heterocycles. The number of aliphatic carboxylic acids is 1. The van der Waals surface area contributed by atoms with Crippen LogP contribution in [0.2, 0.25) is 0 Å². The molecule has 0 saturated carbocycles. The van der Waals surface area contributed by atoms with Crippen molar-refractivity contribution in [3.8, 4) is 0 Å². The average Bonchev–Trinajstić information content (AvgIpc) is 1.68. The van der Waals surface area contributed by atoms with Gasteiger partial charge in [-0.3, -0.25) is 11.1 Å². The van der Waals surface area contributed by atoms with Crippen LogP contribution in [-0.4, -0.2) is 18.0 Å². The summed E-state index contributed by atoms with van der Waals surface area (Å²) in [5, 5.41) is 9.24. The van der Waals surface area contributed by atoms with E-state index in [1.807, 2.05) is 0 Å². The molecule has 4 nitrogen and oxygen atoms in total. The first-order valence-corrected chi connectivity index (χ1v) is 2.07. The number of carboxylic acid groups (broad SMARTS) is 1. The number of ketones is 1. The number of carbonyl (C=O) groups is 2. The highest BCUT2D eigenvalue weighted by Gasteiger charge is 1.85. The Kier molecular flexibility index (Phi) is 8.12. The van der Waals surface area contributed by atoms with Crippen LogP contribution in [-0.2, 0) is 14.4 Å².